The van der Waals surface area contributed by atoms with Crippen LogP contribution in [0.2, 0.25) is 0 Å². The molecule has 0 N–H and O–H groups in total. The van der Waals surface area contributed by atoms with E-state index in [-0.39, 0.29) is 12.1 Å². The molecule has 3 heteroatoms. The molecule has 0 saturated carbocycles. The molecule has 2 aliphatic heterocycles. The smallest absolute Gasteiger partial charge is 0.251 e. The summed E-state index contributed by atoms with van der Waals surface area (Å²) in [6.07, 6.45) is 0. The zero-order valence-electron chi connectivity index (χ0n) is 15.5. The minimum absolute atomic E-state index is 0.0598. The van der Waals surface area contributed by atoms with E-state index in [1.807, 2.05) is 0 Å². The van der Waals surface area contributed by atoms with E-state index in [9.17, 15) is 0 Å². The topological polar surface area (TPSA) is 9.23 Å². The van der Waals surface area contributed by atoms with E-state index in [0.717, 1.165) is 16.0 Å². The Morgan fingerprint density at radius 1 is 0.885 bits per heavy atom. The molecule has 0 amide bonds. The lowest BCUT2D eigenvalue weighted by atomic mass is 9.30. The zero-order chi connectivity index (χ0) is 18.2. The van der Waals surface area contributed by atoms with Crippen LogP contribution in [0.4, 0.5) is 0 Å². The SMILES string of the molecule is Cc1ccc2c(c1)B1c3ccc(Br)cc3C(C)(C)c3c(C)ccc(c31)O2. The van der Waals surface area contributed by atoms with Gasteiger partial charge < -0.3 is 4.74 Å². The van der Waals surface area contributed by atoms with Gasteiger partial charge in [-0.15, -0.1) is 0 Å². The molecule has 0 atom stereocenters. The third-order valence-corrected chi connectivity index (χ3v) is 6.52. The van der Waals surface area contributed by atoms with Gasteiger partial charge in [0, 0.05) is 9.89 Å². The molecule has 0 bridgehead atoms. The predicted molar refractivity (Wildman–Crippen MR) is 113 cm³/mol. The molecule has 26 heavy (non-hydrogen) atoms. The number of hydrogen-bond donors (Lipinski definition) is 0. The number of fused-ring (bicyclic) bond motifs is 4. The summed E-state index contributed by atoms with van der Waals surface area (Å²) in [6.45, 7) is 9.29. The van der Waals surface area contributed by atoms with Gasteiger partial charge in [-0.1, -0.05) is 65.1 Å². The van der Waals surface area contributed by atoms with E-state index in [0.29, 0.717) is 0 Å². The highest BCUT2D eigenvalue weighted by atomic mass is 79.9. The van der Waals surface area contributed by atoms with Crippen molar-refractivity contribution in [2.24, 2.45) is 0 Å². The van der Waals surface area contributed by atoms with Crippen LogP contribution in [-0.4, -0.2) is 6.71 Å². The second kappa shape index (κ2) is 5.26. The van der Waals surface area contributed by atoms with Gasteiger partial charge in [-0.05, 0) is 65.7 Å². The molecule has 1 nitrogen and oxygen atoms in total. The molecule has 128 valence electrons. The Balaban J connectivity index is 1.93. The molecule has 3 aromatic carbocycles. The first-order chi connectivity index (χ1) is 12.4. The molecule has 0 unspecified atom stereocenters. The number of ether oxygens (including phenoxy) is 1. The third kappa shape index (κ3) is 2.04. The van der Waals surface area contributed by atoms with Crippen molar-refractivity contribution in [3.05, 3.63) is 75.3 Å². The molecule has 2 heterocycles. The van der Waals surface area contributed by atoms with Crippen molar-refractivity contribution in [2.75, 3.05) is 0 Å². The zero-order valence-corrected chi connectivity index (χ0v) is 17.1. The molecule has 0 aromatic heterocycles. The van der Waals surface area contributed by atoms with Crippen molar-refractivity contribution in [3.63, 3.8) is 0 Å². The lowest BCUT2D eigenvalue weighted by Crippen LogP contribution is -2.62. The molecular weight excluding hydrogens is 383 g/mol. The van der Waals surface area contributed by atoms with Gasteiger partial charge in [-0.3, -0.25) is 0 Å². The summed E-state index contributed by atoms with van der Waals surface area (Å²) < 4.78 is 7.49. The number of benzene rings is 3. The molecule has 0 spiro atoms. The van der Waals surface area contributed by atoms with Crippen LogP contribution in [0.25, 0.3) is 0 Å². The summed E-state index contributed by atoms with van der Waals surface area (Å²) in [5.74, 6) is 1.99. The largest absolute Gasteiger partial charge is 0.458 e. The van der Waals surface area contributed by atoms with Crippen LogP contribution in [0.3, 0.4) is 0 Å². The summed E-state index contributed by atoms with van der Waals surface area (Å²) >= 11 is 3.69. The Kier molecular flexibility index (Phi) is 3.28. The van der Waals surface area contributed by atoms with Crippen molar-refractivity contribution in [1.29, 1.82) is 0 Å². The Labute approximate surface area is 163 Å². The maximum absolute atomic E-state index is 6.36. The third-order valence-electron chi connectivity index (χ3n) is 6.02. The van der Waals surface area contributed by atoms with Crippen molar-refractivity contribution in [1.82, 2.24) is 0 Å². The van der Waals surface area contributed by atoms with Gasteiger partial charge in [0.25, 0.3) is 6.71 Å². The number of halogens is 1. The first kappa shape index (κ1) is 16.2. The number of hydrogen-bond acceptors (Lipinski definition) is 1. The second-order valence-electron chi connectivity index (χ2n) is 8.10. The van der Waals surface area contributed by atoms with Crippen LogP contribution in [0, 0.1) is 13.8 Å². The lowest BCUT2D eigenvalue weighted by Gasteiger charge is -2.42. The van der Waals surface area contributed by atoms with Gasteiger partial charge >= 0.3 is 0 Å². The molecule has 3 aromatic rings. The van der Waals surface area contributed by atoms with Crippen LogP contribution in [-0.2, 0) is 5.41 Å². The second-order valence-corrected chi connectivity index (χ2v) is 9.02. The molecule has 0 fully saturated rings. The Morgan fingerprint density at radius 2 is 1.65 bits per heavy atom. The lowest BCUT2D eigenvalue weighted by molar-refractivity contribution is 0.484. The van der Waals surface area contributed by atoms with E-state index in [1.54, 1.807) is 0 Å². The Morgan fingerprint density at radius 3 is 2.46 bits per heavy atom. The van der Waals surface area contributed by atoms with Crippen LogP contribution in [0.15, 0.2) is 53.0 Å². The fourth-order valence-corrected chi connectivity index (χ4v) is 5.32. The van der Waals surface area contributed by atoms with Gasteiger partial charge in [0.05, 0.1) is 0 Å². The maximum atomic E-state index is 6.36. The maximum Gasteiger partial charge on any atom is 0.251 e. The van der Waals surface area contributed by atoms with E-state index < -0.39 is 0 Å². The minimum Gasteiger partial charge on any atom is -0.458 e. The molecule has 0 aliphatic carbocycles. The summed E-state index contributed by atoms with van der Waals surface area (Å²) in [6, 6.07) is 17.6. The van der Waals surface area contributed by atoms with Gasteiger partial charge in [-0.25, -0.2) is 0 Å². The van der Waals surface area contributed by atoms with Crippen LogP contribution >= 0.6 is 15.9 Å². The van der Waals surface area contributed by atoms with Crippen LogP contribution in [0.5, 0.6) is 11.5 Å². The Bertz CT molecular complexity index is 1080. The molecule has 2 aliphatic rings. The molecule has 5 rings (SSSR count). The van der Waals surface area contributed by atoms with Crippen molar-refractivity contribution in [2.45, 2.75) is 33.1 Å². The highest BCUT2D eigenvalue weighted by Gasteiger charge is 2.45. The first-order valence-corrected chi connectivity index (χ1v) is 9.89. The first-order valence-electron chi connectivity index (χ1n) is 9.10. The molecule has 0 radical (unpaired) electrons. The highest BCUT2D eigenvalue weighted by molar-refractivity contribution is 9.10. The molecular formula is C23H20BBrO. The summed E-state index contributed by atoms with van der Waals surface area (Å²) in [5.41, 5.74) is 9.39. The summed E-state index contributed by atoms with van der Waals surface area (Å²) in [5, 5.41) is 0. The standard InChI is InChI=1S/C23H20BBrO/c1-13-5-9-19-18(11-13)24-17-8-7-15(25)12-16(17)23(3,4)21-14(2)6-10-20(26-19)22(21)24/h5-12H,1-4H3. The fourth-order valence-electron chi connectivity index (χ4n) is 4.95. The van der Waals surface area contributed by atoms with E-state index in [4.69, 9.17) is 4.74 Å². The highest BCUT2D eigenvalue weighted by Crippen LogP contribution is 2.40. The quantitative estimate of drug-likeness (QED) is 0.398. The van der Waals surface area contributed by atoms with Crippen molar-refractivity contribution >= 4 is 39.0 Å². The van der Waals surface area contributed by atoms with Crippen molar-refractivity contribution < 1.29 is 4.74 Å². The predicted octanol–water partition coefficient (Wildman–Crippen LogP) is 4.33. The van der Waals surface area contributed by atoms with Gasteiger partial charge in [-0.2, -0.15) is 0 Å². The average molecular weight is 403 g/mol. The number of aryl methyl sites for hydroxylation is 2. The molecule has 0 saturated heterocycles. The van der Waals surface area contributed by atoms with Gasteiger partial charge in [0.2, 0.25) is 0 Å². The normalized spacial score (nSPS) is 15.7. The fraction of sp³-hybridized carbons (Fsp3) is 0.217. The summed E-state index contributed by atoms with van der Waals surface area (Å²) in [7, 11) is 0. The van der Waals surface area contributed by atoms with E-state index >= 15 is 0 Å². The van der Waals surface area contributed by atoms with Crippen molar-refractivity contribution in [3.8, 4) is 11.5 Å². The van der Waals surface area contributed by atoms with E-state index in [1.165, 1.54) is 38.6 Å². The average Bonchev–Trinajstić information content (AvgIpc) is 2.59. The van der Waals surface area contributed by atoms with E-state index in [2.05, 4.69) is 92.2 Å². The number of rotatable bonds is 0. The monoisotopic (exact) mass is 402 g/mol. The minimum atomic E-state index is -0.0598. The summed E-state index contributed by atoms with van der Waals surface area (Å²) in [4.78, 5) is 0. The van der Waals surface area contributed by atoms with Crippen LogP contribution in [0.1, 0.15) is 36.1 Å². The van der Waals surface area contributed by atoms with Gasteiger partial charge in [0.15, 0.2) is 0 Å². The Hall–Kier alpha value is -2.00. The van der Waals surface area contributed by atoms with Gasteiger partial charge in [0.1, 0.15) is 11.5 Å². The van der Waals surface area contributed by atoms with Crippen LogP contribution < -0.4 is 21.1 Å².